The Hall–Kier alpha value is -2.89. The first-order valence-corrected chi connectivity index (χ1v) is 9.48. The summed E-state index contributed by atoms with van der Waals surface area (Å²) >= 11 is 0. The molecule has 28 heavy (non-hydrogen) atoms. The maximum atomic E-state index is 11.7. The van der Waals surface area contributed by atoms with Crippen LogP contribution in [0.2, 0.25) is 0 Å². The molecule has 0 saturated carbocycles. The van der Waals surface area contributed by atoms with Gasteiger partial charge in [-0.25, -0.2) is 0 Å². The number of carbonyl (C=O) groups is 1. The average Bonchev–Trinajstić information content (AvgIpc) is 2.65. The predicted molar refractivity (Wildman–Crippen MR) is 109 cm³/mol. The number of benzene rings is 2. The van der Waals surface area contributed by atoms with Gasteiger partial charge >= 0.3 is 5.97 Å². The quantitative estimate of drug-likeness (QED) is 0.816. The molecule has 0 bridgehead atoms. The molecule has 148 valence electrons. The molecular formula is C22H26N2O4. The van der Waals surface area contributed by atoms with Crippen molar-refractivity contribution in [3.63, 3.8) is 0 Å². The summed E-state index contributed by atoms with van der Waals surface area (Å²) in [5, 5.41) is 3.52. The lowest BCUT2D eigenvalue weighted by Gasteiger charge is -2.39. The Morgan fingerprint density at radius 3 is 2.71 bits per heavy atom. The Morgan fingerprint density at radius 2 is 2.00 bits per heavy atom. The van der Waals surface area contributed by atoms with E-state index in [0.29, 0.717) is 13.1 Å². The van der Waals surface area contributed by atoms with E-state index in [1.165, 1.54) is 7.11 Å². The average molecular weight is 382 g/mol. The monoisotopic (exact) mass is 382 g/mol. The summed E-state index contributed by atoms with van der Waals surface area (Å²) in [4.78, 5) is 13.8. The van der Waals surface area contributed by atoms with Gasteiger partial charge in [0.1, 0.15) is 17.1 Å². The first-order chi connectivity index (χ1) is 13.4. The number of carbonyl (C=O) groups excluding carboxylic acids is 1. The highest BCUT2D eigenvalue weighted by molar-refractivity contribution is 5.86. The molecule has 6 heteroatoms. The molecule has 4 rings (SSSR count). The second kappa shape index (κ2) is 6.93. The lowest BCUT2D eigenvalue weighted by atomic mass is 9.96. The number of esters is 1. The van der Waals surface area contributed by atoms with E-state index in [4.69, 9.17) is 14.2 Å². The minimum Gasteiger partial charge on any atom is -0.497 e. The summed E-state index contributed by atoms with van der Waals surface area (Å²) in [6, 6.07) is 12.3. The highest BCUT2D eigenvalue weighted by atomic mass is 16.5. The highest BCUT2D eigenvalue weighted by Crippen LogP contribution is 2.44. The van der Waals surface area contributed by atoms with Crippen molar-refractivity contribution in [2.45, 2.75) is 19.4 Å². The zero-order chi connectivity index (χ0) is 19.9. The maximum absolute atomic E-state index is 11.7. The number of rotatable bonds is 4. The van der Waals surface area contributed by atoms with Gasteiger partial charge in [-0.15, -0.1) is 0 Å². The van der Waals surface area contributed by atoms with Crippen molar-refractivity contribution in [1.29, 1.82) is 0 Å². The number of hydrogen-bond donors (Lipinski definition) is 1. The van der Waals surface area contributed by atoms with Gasteiger partial charge in [0.05, 0.1) is 32.4 Å². The number of methoxy groups -OCH3 is 2. The lowest BCUT2D eigenvalue weighted by Crippen LogP contribution is -2.50. The van der Waals surface area contributed by atoms with Crippen LogP contribution in [0.25, 0.3) is 11.1 Å². The van der Waals surface area contributed by atoms with E-state index < -0.39 is 0 Å². The van der Waals surface area contributed by atoms with Crippen molar-refractivity contribution < 1.29 is 19.0 Å². The Balaban J connectivity index is 1.66. The summed E-state index contributed by atoms with van der Waals surface area (Å²) in [5.74, 6) is 1.37. The van der Waals surface area contributed by atoms with Gasteiger partial charge in [0, 0.05) is 30.4 Å². The van der Waals surface area contributed by atoms with Crippen molar-refractivity contribution in [2.24, 2.45) is 5.92 Å². The van der Waals surface area contributed by atoms with E-state index in [-0.39, 0.29) is 17.5 Å². The van der Waals surface area contributed by atoms with Crippen LogP contribution in [-0.4, -0.2) is 45.4 Å². The molecule has 2 aliphatic rings. The molecule has 1 N–H and O–H groups in total. The minimum absolute atomic E-state index is 0.0458. The zero-order valence-corrected chi connectivity index (χ0v) is 16.7. The third-order valence-electron chi connectivity index (χ3n) is 5.33. The Morgan fingerprint density at radius 1 is 1.21 bits per heavy atom. The van der Waals surface area contributed by atoms with Crippen molar-refractivity contribution in [2.75, 3.05) is 44.1 Å². The van der Waals surface area contributed by atoms with E-state index in [2.05, 4.69) is 42.3 Å². The topological polar surface area (TPSA) is 60.0 Å². The fourth-order valence-electron chi connectivity index (χ4n) is 3.71. The van der Waals surface area contributed by atoms with E-state index in [9.17, 15) is 4.79 Å². The SMILES string of the molecule is COC(=O)C1CN(c2cccc(-c3cc(OC)cc4c3NCC(C)(C)O4)c2)C1. The van der Waals surface area contributed by atoms with Gasteiger partial charge in [0.2, 0.25) is 0 Å². The van der Waals surface area contributed by atoms with Crippen molar-refractivity contribution in [3.05, 3.63) is 36.4 Å². The number of hydrogen-bond acceptors (Lipinski definition) is 6. The van der Waals surface area contributed by atoms with E-state index in [0.717, 1.165) is 40.5 Å². The molecule has 0 unspecified atom stereocenters. The summed E-state index contributed by atoms with van der Waals surface area (Å²) in [5.41, 5.74) is 3.90. The highest BCUT2D eigenvalue weighted by Gasteiger charge is 2.34. The number of ether oxygens (including phenoxy) is 3. The van der Waals surface area contributed by atoms with Crippen LogP contribution in [0, 0.1) is 5.92 Å². The van der Waals surface area contributed by atoms with Crippen LogP contribution in [-0.2, 0) is 9.53 Å². The molecule has 0 aromatic heterocycles. The van der Waals surface area contributed by atoms with Gasteiger partial charge in [-0.1, -0.05) is 12.1 Å². The maximum Gasteiger partial charge on any atom is 0.312 e. The van der Waals surface area contributed by atoms with Crippen LogP contribution in [0.3, 0.4) is 0 Å². The molecule has 1 fully saturated rings. The first kappa shape index (κ1) is 18.5. The standard InChI is InChI=1S/C22H26N2O4/c1-22(2)13-23-20-18(9-17(26-3)10-19(20)28-22)14-6-5-7-16(8-14)24-11-15(12-24)21(25)27-4/h5-10,15,23H,11-13H2,1-4H3. The third-order valence-corrected chi connectivity index (χ3v) is 5.33. The van der Waals surface area contributed by atoms with Crippen LogP contribution in [0.1, 0.15) is 13.8 Å². The van der Waals surface area contributed by atoms with Gasteiger partial charge in [-0.3, -0.25) is 4.79 Å². The van der Waals surface area contributed by atoms with Crippen LogP contribution in [0.15, 0.2) is 36.4 Å². The van der Waals surface area contributed by atoms with Gasteiger partial charge in [-0.05, 0) is 37.6 Å². The summed E-state index contributed by atoms with van der Waals surface area (Å²) in [6.45, 7) is 6.21. The largest absolute Gasteiger partial charge is 0.497 e. The third kappa shape index (κ3) is 3.35. The van der Waals surface area contributed by atoms with Gasteiger partial charge in [-0.2, -0.15) is 0 Å². The Kier molecular flexibility index (Phi) is 4.57. The fourth-order valence-corrected chi connectivity index (χ4v) is 3.71. The van der Waals surface area contributed by atoms with Crippen LogP contribution in [0.5, 0.6) is 11.5 Å². The summed E-state index contributed by atoms with van der Waals surface area (Å²) in [6.07, 6.45) is 0. The number of nitrogens with one attached hydrogen (secondary N) is 1. The molecule has 2 aromatic rings. The molecule has 1 saturated heterocycles. The Bertz CT molecular complexity index is 903. The fraction of sp³-hybridized carbons (Fsp3) is 0.409. The summed E-state index contributed by atoms with van der Waals surface area (Å²) in [7, 11) is 3.10. The molecule has 2 heterocycles. The second-order valence-corrected chi connectivity index (χ2v) is 7.94. The van der Waals surface area contributed by atoms with Crippen LogP contribution < -0.4 is 19.7 Å². The van der Waals surface area contributed by atoms with Gasteiger partial charge < -0.3 is 24.4 Å². The Labute approximate surface area is 165 Å². The van der Waals surface area contributed by atoms with E-state index in [1.807, 2.05) is 18.2 Å². The van der Waals surface area contributed by atoms with Gasteiger partial charge in [0.25, 0.3) is 0 Å². The first-order valence-electron chi connectivity index (χ1n) is 9.48. The molecule has 0 radical (unpaired) electrons. The molecular weight excluding hydrogens is 356 g/mol. The normalized spacial score (nSPS) is 17.6. The molecule has 2 aliphatic heterocycles. The smallest absolute Gasteiger partial charge is 0.312 e. The van der Waals surface area contributed by atoms with Crippen LogP contribution in [0.4, 0.5) is 11.4 Å². The second-order valence-electron chi connectivity index (χ2n) is 7.94. The number of anilines is 2. The van der Waals surface area contributed by atoms with E-state index in [1.54, 1.807) is 7.11 Å². The van der Waals surface area contributed by atoms with Crippen LogP contribution >= 0.6 is 0 Å². The predicted octanol–water partition coefficient (Wildman–Crippen LogP) is 3.55. The van der Waals surface area contributed by atoms with Crippen molar-refractivity contribution in [1.82, 2.24) is 0 Å². The molecule has 2 aromatic carbocycles. The van der Waals surface area contributed by atoms with Gasteiger partial charge in [0.15, 0.2) is 0 Å². The molecule has 0 aliphatic carbocycles. The van der Waals surface area contributed by atoms with E-state index >= 15 is 0 Å². The molecule has 0 atom stereocenters. The molecule has 0 amide bonds. The zero-order valence-electron chi connectivity index (χ0n) is 16.7. The van der Waals surface area contributed by atoms with Crippen molar-refractivity contribution in [3.8, 4) is 22.6 Å². The molecule has 6 nitrogen and oxygen atoms in total. The number of nitrogens with zero attached hydrogens (tertiary/aromatic N) is 1. The number of fused-ring (bicyclic) bond motifs is 1. The van der Waals surface area contributed by atoms with Crippen molar-refractivity contribution >= 4 is 17.3 Å². The minimum atomic E-state index is -0.279. The summed E-state index contributed by atoms with van der Waals surface area (Å²) < 4.78 is 16.5. The lowest BCUT2D eigenvalue weighted by molar-refractivity contribution is -0.146. The molecule has 0 spiro atoms.